The van der Waals surface area contributed by atoms with Crippen molar-refractivity contribution in [3.63, 3.8) is 0 Å². The Bertz CT molecular complexity index is 1660. The van der Waals surface area contributed by atoms with E-state index in [9.17, 15) is 23.6 Å². The van der Waals surface area contributed by atoms with Gasteiger partial charge in [-0.1, -0.05) is 37.5 Å². The van der Waals surface area contributed by atoms with Crippen LogP contribution < -0.4 is 10.1 Å². The van der Waals surface area contributed by atoms with E-state index in [1.54, 1.807) is 44.9 Å². The van der Waals surface area contributed by atoms with Crippen LogP contribution >= 0.6 is 0 Å². The fraction of sp³-hybridized carbons (Fsp3) is 0.526. The third kappa shape index (κ3) is 8.61. The Morgan fingerprint density at radius 2 is 1.73 bits per heavy atom. The molecule has 3 amide bonds. The molecule has 0 spiro atoms. The van der Waals surface area contributed by atoms with Gasteiger partial charge in [0.05, 0.1) is 12.6 Å². The molecule has 4 atom stereocenters. The van der Waals surface area contributed by atoms with Gasteiger partial charge < -0.3 is 24.3 Å². The molecule has 1 saturated heterocycles. The van der Waals surface area contributed by atoms with Gasteiger partial charge in [0.25, 0.3) is 0 Å². The average molecular weight is 677 g/mol. The summed E-state index contributed by atoms with van der Waals surface area (Å²) in [4.78, 5) is 56.8. The molecule has 11 heteroatoms. The Balaban J connectivity index is 1.44. The van der Waals surface area contributed by atoms with Gasteiger partial charge in [-0.05, 0) is 83.7 Å². The quantitative estimate of drug-likeness (QED) is 0.251. The number of hydrogen-bond donors (Lipinski definition) is 1. The molecule has 1 aromatic heterocycles. The highest BCUT2D eigenvalue weighted by Gasteiger charge is 2.43. The summed E-state index contributed by atoms with van der Waals surface area (Å²) in [7, 11) is 1.51. The average Bonchev–Trinajstić information content (AvgIpc) is 3.63. The van der Waals surface area contributed by atoms with Gasteiger partial charge >= 0.3 is 6.09 Å². The Morgan fingerprint density at radius 3 is 2.39 bits per heavy atom. The molecule has 10 nitrogen and oxygen atoms in total. The second kappa shape index (κ2) is 15.0. The molecule has 1 aliphatic heterocycles. The van der Waals surface area contributed by atoms with Crippen molar-refractivity contribution in [3.8, 4) is 5.75 Å². The monoisotopic (exact) mass is 676 g/mol. The highest BCUT2D eigenvalue weighted by molar-refractivity contribution is 6.07. The summed E-state index contributed by atoms with van der Waals surface area (Å²) in [6.45, 7) is 9.01. The van der Waals surface area contributed by atoms with Gasteiger partial charge in [0, 0.05) is 42.7 Å². The molecule has 264 valence electrons. The molecule has 2 aromatic carbocycles. The number of carbonyl (C=O) groups excluding carboxylic acids is 4. The maximum absolute atomic E-state index is 14.8. The van der Waals surface area contributed by atoms with Gasteiger partial charge in [0.15, 0.2) is 5.78 Å². The Hall–Kier alpha value is -4.41. The van der Waals surface area contributed by atoms with Gasteiger partial charge in [0.1, 0.15) is 35.4 Å². The molecule has 1 aliphatic carbocycles. The highest BCUT2D eigenvalue weighted by Crippen LogP contribution is 2.32. The van der Waals surface area contributed by atoms with Crippen LogP contribution in [0.3, 0.4) is 0 Å². The van der Waals surface area contributed by atoms with Crippen molar-refractivity contribution in [1.82, 2.24) is 19.7 Å². The largest absolute Gasteiger partial charge is 0.489 e. The fourth-order valence-electron chi connectivity index (χ4n) is 6.99. The number of ketones is 1. The number of nitrogens with one attached hydrogen (secondary N) is 1. The van der Waals surface area contributed by atoms with Gasteiger partial charge in [0.2, 0.25) is 11.8 Å². The van der Waals surface area contributed by atoms with Crippen LogP contribution in [0.4, 0.5) is 9.18 Å². The summed E-state index contributed by atoms with van der Waals surface area (Å²) in [5.41, 5.74) is 0.385. The molecule has 2 aliphatic rings. The van der Waals surface area contributed by atoms with E-state index in [1.807, 2.05) is 34.9 Å². The molecule has 0 unspecified atom stereocenters. The van der Waals surface area contributed by atoms with Gasteiger partial charge in [-0.3, -0.25) is 19.3 Å². The summed E-state index contributed by atoms with van der Waals surface area (Å²) in [6, 6.07) is 11.8. The number of likely N-dealkylation sites (N-methyl/N-ethyl adjacent to an activating group) is 1. The number of likely N-dealkylation sites (tertiary alicyclic amines) is 1. The number of nitrogens with zero attached hydrogens (tertiary/aromatic N) is 3. The molecule has 3 aromatic rings. The number of halogens is 1. The summed E-state index contributed by atoms with van der Waals surface area (Å²) in [5.74, 6) is -0.625. The first-order chi connectivity index (χ1) is 23.2. The molecule has 5 rings (SSSR count). The van der Waals surface area contributed by atoms with E-state index in [2.05, 4.69) is 5.32 Å². The number of carbonyl (C=O) groups is 4. The molecular weight excluding hydrogens is 627 g/mol. The number of benzene rings is 2. The summed E-state index contributed by atoms with van der Waals surface area (Å²) in [5, 5.41) is 3.58. The van der Waals surface area contributed by atoms with Crippen molar-refractivity contribution in [3.05, 3.63) is 66.1 Å². The molecule has 2 heterocycles. The van der Waals surface area contributed by atoms with E-state index < -0.39 is 35.5 Å². The lowest BCUT2D eigenvalue weighted by Gasteiger charge is -2.36. The lowest BCUT2D eigenvalue weighted by Crippen LogP contribution is -2.58. The molecular formula is C38H49FN4O6. The third-order valence-corrected chi connectivity index (χ3v) is 9.66. The van der Waals surface area contributed by atoms with Crippen LogP contribution in [0.25, 0.3) is 10.9 Å². The smallest absolute Gasteiger partial charge is 0.410 e. The number of Topliss-reactive ketones (excluding diaryl/α,β-unsaturated/α-hetero) is 1. The molecule has 0 radical (unpaired) electrons. The van der Waals surface area contributed by atoms with Crippen LogP contribution in [0.15, 0.2) is 54.7 Å². The minimum Gasteiger partial charge on any atom is -0.489 e. The molecule has 0 bridgehead atoms. The van der Waals surface area contributed by atoms with Crippen molar-refractivity contribution >= 4 is 34.6 Å². The first-order valence-electron chi connectivity index (χ1n) is 17.3. The van der Waals surface area contributed by atoms with E-state index in [-0.39, 0.29) is 29.8 Å². The second-order valence-corrected chi connectivity index (χ2v) is 14.5. The van der Waals surface area contributed by atoms with E-state index in [4.69, 9.17) is 9.47 Å². The minimum atomic E-state index is -0.881. The van der Waals surface area contributed by atoms with Crippen molar-refractivity contribution < 1.29 is 33.0 Å². The maximum Gasteiger partial charge on any atom is 0.410 e. The Morgan fingerprint density at radius 1 is 1.04 bits per heavy atom. The van der Waals surface area contributed by atoms with E-state index in [0.717, 1.165) is 32.1 Å². The third-order valence-electron chi connectivity index (χ3n) is 9.66. The molecule has 2 fully saturated rings. The second-order valence-electron chi connectivity index (χ2n) is 14.5. The minimum absolute atomic E-state index is 0.0707. The predicted octanol–water partition coefficient (Wildman–Crippen LogP) is 6.35. The first kappa shape index (κ1) is 35.9. The molecule has 1 saturated carbocycles. The van der Waals surface area contributed by atoms with Crippen molar-refractivity contribution in [2.24, 2.45) is 5.92 Å². The van der Waals surface area contributed by atoms with Crippen LogP contribution in [0, 0.1) is 11.7 Å². The van der Waals surface area contributed by atoms with Crippen molar-refractivity contribution in [2.75, 3.05) is 13.6 Å². The lowest BCUT2D eigenvalue weighted by molar-refractivity contribution is -0.140. The number of para-hydroxylation sites is 1. The Labute approximate surface area is 287 Å². The number of amides is 3. The zero-order valence-electron chi connectivity index (χ0n) is 29.4. The Kier molecular flexibility index (Phi) is 11.0. The number of hydrogen-bond acceptors (Lipinski definition) is 6. The van der Waals surface area contributed by atoms with Crippen LogP contribution in [-0.4, -0.2) is 81.5 Å². The van der Waals surface area contributed by atoms with Crippen LogP contribution in [-0.2, 0) is 20.9 Å². The molecule has 49 heavy (non-hydrogen) atoms. The number of fused-ring (bicyclic) bond motifs is 1. The van der Waals surface area contributed by atoms with E-state index >= 15 is 0 Å². The maximum atomic E-state index is 14.8. The number of ether oxygens (including phenoxy) is 2. The van der Waals surface area contributed by atoms with Gasteiger partial charge in [-0.15, -0.1) is 0 Å². The summed E-state index contributed by atoms with van der Waals surface area (Å²) in [6.07, 6.45) is 5.89. The molecule has 1 N–H and O–H groups in total. The van der Waals surface area contributed by atoms with E-state index in [1.165, 1.54) is 31.0 Å². The zero-order valence-corrected chi connectivity index (χ0v) is 29.4. The predicted molar refractivity (Wildman–Crippen MR) is 185 cm³/mol. The normalized spacial score (nSPS) is 19.7. The SMILES string of the molecule is CC(=O)c1cn(C[C@@H]2C[C@H](Oc3ccccc3)CN2C(=O)[C@@H](NC(=O)[C@H](C)N(C)C(=O)OC(C)(C)C)C2CCCCC2)c2ccc(F)cc12. The van der Waals surface area contributed by atoms with Crippen LogP contribution in [0.5, 0.6) is 5.75 Å². The van der Waals surface area contributed by atoms with Crippen LogP contribution in [0.1, 0.15) is 83.5 Å². The highest BCUT2D eigenvalue weighted by atomic mass is 19.1. The standard InChI is InChI=1S/C38H49FN4O6/c1-24(41(6)37(47)49-38(3,4)5)35(45)40-34(26-13-9-7-10-14-26)36(46)43-22-30(48-29-15-11-8-12-16-29)20-28(43)21-42-23-32(25(2)44)31-19-27(39)17-18-33(31)42/h8,11-12,15-19,23-24,26,28,30,34H,7,9-10,13-14,20-22H2,1-6H3,(H,40,45)/t24-,28-,30-,34-/m0/s1. The van der Waals surface area contributed by atoms with Crippen molar-refractivity contribution in [2.45, 2.75) is 110 Å². The van der Waals surface area contributed by atoms with Gasteiger partial charge in [-0.25, -0.2) is 9.18 Å². The van der Waals surface area contributed by atoms with Crippen molar-refractivity contribution in [1.29, 1.82) is 0 Å². The number of aromatic nitrogens is 1. The number of rotatable bonds is 10. The van der Waals surface area contributed by atoms with E-state index in [0.29, 0.717) is 41.7 Å². The van der Waals surface area contributed by atoms with Gasteiger partial charge in [-0.2, -0.15) is 0 Å². The first-order valence-corrected chi connectivity index (χ1v) is 17.3. The van der Waals surface area contributed by atoms with Crippen LogP contribution in [0.2, 0.25) is 0 Å². The lowest BCUT2D eigenvalue weighted by atomic mass is 9.83. The summed E-state index contributed by atoms with van der Waals surface area (Å²) < 4.78 is 28.0. The summed E-state index contributed by atoms with van der Waals surface area (Å²) >= 11 is 0. The zero-order chi connectivity index (χ0) is 35.5. The fourth-order valence-corrected chi connectivity index (χ4v) is 6.99. The topological polar surface area (TPSA) is 110 Å².